The molecular formula is C21H23BrN2O3. The van der Waals surface area contributed by atoms with Gasteiger partial charge in [0.25, 0.3) is 11.8 Å². The lowest BCUT2D eigenvalue weighted by Crippen LogP contribution is -2.37. The molecule has 5 nitrogen and oxygen atoms in total. The molecule has 1 fully saturated rings. The highest BCUT2D eigenvalue weighted by atomic mass is 79.9. The quantitative estimate of drug-likeness (QED) is 0.771. The van der Waals surface area contributed by atoms with Gasteiger partial charge in [-0.3, -0.25) is 9.59 Å². The van der Waals surface area contributed by atoms with E-state index >= 15 is 0 Å². The molecule has 2 aromatic rings. The van der Waals surface area contributed by atoms with E-state index < -0.39 is 0 Å². The van der Waals surface area contributed by atoms with Crippen LogP contribution >= 0.6 is 15.9 Å². The van der Waals surface area contributed by atoms with Gasteiger partial charge in [-0.2, -0.15) is 0 Å². The summed E-state index contributed by atoms with van der Waals surface area (Å²) in [5.41, 5.74) is 1.82. The Kier molecular flexibility index (Phi) is 6.16. The van der Waals surface area contributed by atoms with E-state index in [0.717, 1.165) is 30.4 Å². The van der Waals surface area contributed by atoms with Crippen LogP contribution in [0.2, 0.25) is 0 Å². The van der Waals surface area contributed by atoms with Crippen LogP contribution < -0.4 is 10.1 Å². The molecule has 2 aromatic carbocycles. The van der Waals surface area contributed by atoms with Crippen LogP contribution in [0.15, 0.2) is 46.9 Å². The highest BCUT2D eigenvalue weighted by molar-refractivity contribution is 9.10. The largest absolute Gasteiger partial charge is 0.496 e. The van der Waals surface area contributed by atoms with Gasteiger partial charge >= 0.3 is 0 Å². The lowest BCUT2D eigenvalue weighted by atomic mass is 9.98. The number of piperidine rings is 1. The fourth-order valence-electron chi connectivity index (χ4n) is 3.10. The second-order valence-electron chi connectivity index (χ2n) is 6.86. The summed E-state index contributed by atoms with van der Waals surface area (Å²) in [6, 6.07) is 12.2. The van der Waals surface area contributed by atoms with E-state index in [1.807, 2.05) is 4.90 Å². The molecule has 3 rings (SSSR count). The molecular weight excluding hydrogens is 408 g/mol. The summed E-state index contributed by atoms with van der Waals surface area (Å²) in [7, 11) is 1.58. The highest BCUT2D eigenvalue weighted by Crippen LogP contribution is 2.26. The Morgan fingerprint density at radius 2 is 1.70 bits per heavy atom. The molecule has 27 heavy (non-hydrogen) atoms. The number of halogens is 1. The van der Waals surface area contributed by atoms with E-state index in [4.69, 9.17) is 4.74 Å². The second-order valence-corrected chi connectivity index (χ2v) is 7.71. The first-order valence-corrected chi connectivity index (χ1v) is 9.81. The number of nitrogens with one attached hydrogen (secondary N) is 1. The summed E-state index contributed by atoms with van der Waals surface area (Å²) < 4.78 is 5.89. The zero-order valence-electron chi connectivity index (χ0n) is 15.5. The molecule has 0 aromatic heterocycles. The average molecular weight is 431 g/mol. The maximum absolute atomic E-state index is 12.6. The molecule has 1 saturated heterocycles. The van der Waals surface area contributed by atoms with Crippen molar-refractivity contribution in [3.63, 3.8) is 0 Å². The van der Waals surface area contributed by atoms with Crippen molar-refractivity contribution in [1.29, 1.82) is 0 Å². The number of amides is 2. The molecule has 2 amide bonds. The molecule has 0 unspecified atom stereocenters. The van der Waals surface area contributed by atoms with Gasteiger partial charge < -0.3 is 15.0 Å². The van der Waals surface area contributed by atoms with E-state index in [1.54, 1.807) is 49.6 Å². The Labute approximate surface area is 167 Å². The van der Waals surface area contributed by atoms with Gasteiger partial charge in [0.05, 0.1) is 11.6 Å². The van der Waals surface area contributed by atoms with Crippen molar-refractivity contribution in [2.24, 2.45) is 5.92 Å². The van der Waals surface area contributed by atoms with Crippen molar-refractivity contribution in [3.8, 4) is 5.75 Å². The molecule has 0 atom stereocenters. The van der Waals surface area contributed by atoms with Gasteiger partial charge in [-0.05, 0) is 77.2 Å². The van der Waals surface area contributed by atoms with Gasteiger partial charge in [-0.25, -0.2) is 0 Å². The summed E-state index contributed by atoms with van der Waals surface area (Å²) in [5.74, 6) is 1.19. The fourth-order valence-corrected chi connectivity index (χ4v) is 3.64. The van der Waals surface area contributed by atoms with Crippen molar-refractivity contribution in [1.82, 2.24) is 4.90 Å². The number of carbonyl (C=O) groups is 2. The van der Waals surface area contributed by atoms with Gasteiger partial charge in [0, 0.05) is 29.9 Å². The van der Waals surface area contributed by atoms with Crippen molar-refractivity contribution in [3.05, 3.63) is 58.1 Å². The number of methoxy groups -OCH3 is 1. The van der Waals surface area contributed by atoms with Gasteiger partial charge in [0.15, 0.2) is 0 Å². The van der Waals surface area contributed by atoms with Gasteiger partial charge in [0.1, 0.15) is 5.75 Å². The number of hydrogen-bond donors (Lipinski definition) is 1. The van der Waals surface area contributed by atoms with Crippen molar-refractivity contribution >= 4 is 33.4 Å². The first kappa shape index (κ1) is 19.4. The first-order valence-electron chi connectivity index (χ1n) is 9.02. The van der Waals surface area contributed by atoms with Crippen LogP contribution in [-0.4, -0.2) is 36.9 Å². The first-order chi connectivity index (χ1) is 13.0. The van der Waals surface area contributed by atoms with Crippen molar-refractivity contribution in [2.75, 3.05) is 25.5 Å². The maximum Gasteiger partial charge on any atom is 0.255 e. The van der Waals surface area contributed by atoms with Crippen LogP contribution in [0, 0.1) is 5.92 Å². The third kappa shape index (κ3) is 4.69. The number of anilines is 1. The molecule has 1 aliphatic heterocycles. The Morgan fingerprint density at radius 3 is 2.30 bits per heavy atom. The second kappa shape index (κ2) is 8.57. The van der Waals surface area contributed by atoms with Gasteiger partial charge in [-0.15, -0.1) is 0 Å². The Balaban J connectivity index is 1.64. The van der Waals surface area contributed by atoms with E-state index in [9.17, 15) is 9.59 Å². The van der Waals surface area contributed by atoms with Crippen LogP contribution in [-0.2, 0) is 0 Å². The molecule has 0 saturated carbocycles. The molecule has 1 N–H and O–H groups in total. The number of ether oxygens (including phenoxy) is 1. The molecule has 142 valence electrons. The number of carbonyl (C=O) groups excluding carboxylic acids is 2. The minimum atomic E-state index is -0.220. The smallest absolute Gasteiger partial charge is 0.255 e. The summed E-state index contributed by atoms with van der Waals surface area (Å²) in [5, 5.41) is 2.85. The van der Waals surface area contributed by atoms with Crippen LogP contribution in [0.3, 0.4) is 0 Å². The predicted octanol–water partition coefficient (Wildman–Crippen LogP) is 4.58. The van der Waals surface area contributed by atoms with Gasteiger partial charge in [-0.1, -0.05) is 6.92 Å². The summed E-state index contributed by atoms with van der Waals surface area (Å²) in [6.45, 7) is 3.84. The number of hydrogen-bond acceptors (Lipinski definition) is 3. The maximum atomic E-state index is 12.6. The molecule has 6 heteroatoms. The molecule has 0 aliphatic carbocycles. The Hall–Kier alpha value is -2.34. The zero-order valence-corrected chi connectivity index (χ0v) is 17.1. The Bertz CT molecular complexity index is 828. The SMILES string of the molecule is COc1ccc(C(=O)Nc2ccc(C(=O)N3CCC(C)CC3)cc2)cc1Br. The van der Waals surface area contributed by atoms with E-state index in [-0.39, 0.29) is 11.8 Å². The topological polar surface area (TPSA) is 58.6 Å². The minimum absolute atomic E-state index is 0.0545. The molecule has 1 heterocycles. The van der Waals surface area contributed by atoms with Crippen molar-refractivity contribution < 1.29 is 14.3 Å². The fraction of sp³-hybridized carbons (Fsp3) is 0.333. The number of nitrogens with zero attached hydrogens (tertiary/aromatic N) is 1. The normalized spacial score (nSPS) is 14.7. The monoisotopic (exact) mass is 430 g/mol. The lowest BCUT2D eigenvalue weighted by molar-refractivity contribution is 0.0697. The van der Waals surface area contributed by atoms with Crippen molar-refractivity contribution in [2.45, 2.75) is 19.8 Å². The lowest BCUT2D eigenvalue weighted by Gasteiger charge is -2.30. The molecule has 0 spiro atoms. The zero-order chi connectivity index (χ0) is 19.4. The standard InChI is InChI=1S/C21H23BrN2O3/c1-14-9-11-24(12-10-14)21(26)15-3-6-17(7-4-15)23-20(25)16-5-8-19(27-2)18(22)13-16/h3-8,13-14H,9-12H2,1-2H3,(H,23,25). The molecule has 1 aliphatic rings. The minimum Gasteiger partial charge on any atom is -0.496 e. The summed E-state index contributed by atoms with van der Waals surface area (Å²) in [4.78, 5) is 26.9. The number of likely N-dealkylation sites (tertiary alicyclic amines) is 1. The van der Waals surface area contributed by atoms with Crippen LogP contribution in [0.5, 0.6) is 5.75 Å². The van der Waals surface area contributed by atoms with Crippen LogP contribution in [0.1, 0.15) is 40.5 Å². The summed E-state index contributed by atoms with van der Waals surface area (Å²) in [6.07, 6.45) is 2.11. The van der Waals surface area contributed by atoms with Crippen LogP contribution in [0.4, 0.5) is 5.69 Å². The molecule has 0 radical (unpaired) electrons. The third-order valence-electron chi connectivity index (χ3n) is 4.87. The number of rotatable bonds is 4. The van der Waals surface area contributed by atoms with E-state index in [0.29, 0.717) is 28.5 Å². The van der Waals surface area contributed by atoms with Gasteiger partial charge in [0.2, 0.25) is 0 Å². The number of benzene rings is 2. The third-order valence-corrected chi connectivity index (χ3v) is 5.49. The highest BCUT2D eigenvalue weighted by Gasteiger charge is 2.21. The van der Waals surface area contributed by atoms with E-state index in [2.05, 4.69) is 28.2 Å². The average Bonchev–Trinajstić information content (AvgIpc) is 2.68. The Morgan fingerprint density at radius 1 is 1.07 bits per heavy atom. The van der Waals surface area contributed by atoms with E-state index in [1.165, 1.54) is 0 Å². The van der Waals surface area contributed by atoms with Crippen LogP contribution in [0.25, 0.3) is 0 Å². The predicted molar refractivity (Wildman–Crippen MR) is 109 cm³/mol. The summed E-state index contributed by atoms with van der Waals surface area (Å²) >= 11 is 3.38. The molecule has 0 bridgehead atoms.